The van der Waals surface area contributed by atoms with Gasteiger partial charge >= 0.3 is 12.2 Å². The van der Waals surface area contributed by atoms with Crippen molar-refractivity contribution in [3.05, 3.63) is 35.4 Å². The Hall–Kier alpha value is -1.76. The number of carbonyl (C=O) groups excluding carboxylic acids is 1. The van der Waals surface area contributed by atoms with Crippen LogP contribution in [0, 0.1) is 0 Å². The molecule has 0 aromatic heterocycles. The Morgan fingerprint density at radius 3 is 2.59 bits per heavy atom. The second kappa shape index (κ2) is 8.63. The number of halogens is 3. The Balaban J connectivity index is 2.42. The van der Waals surface area contributed by atoms with Gasteiger partial charge in [-0.1, -0.05) is 25.1 Å². The highest BCUT2D eigenvalue weighted by atomic mass is 19.4. The Kier molecular flexibility index (Phi) is 7.17. The highest BCUT2D eigenvalue weighted by Gasteiger charge is 2.30. The number of hydrogen-bond acceptors (Lipinski definition) is 2. The van der Waals surface area contributed by atoms with Gasteiger partial charge in [-0.25, -0.2) is 4.79 Å². The first-order chi connectivity index (χ1) is 10.3. The summed E-state index contributed by atoms with van der Waals surface area (Å²) in [6.45, 7) is 2.57. The lowest BCUT2D eigenvalue weighted by molar-refractivity contribution is -0.137. The predicted octanol–water partition coefficient (Wildman–Crippen LogP) is 2.88. The normalized spacial score (nSPS) is 12.8. The van der Waals surface area contributed by atoms with Crippen LogP contribution in [0.3, 0.4) is 0 Å². The lowest BCUT2D eigenvalue weighted by atomic mass is 9.96. The van der Waals surface area contributed by atoms with Crippen LogP contribution in [0.2, 0.25) is 0 Å². The number of aliphatic hydroxyl groups excluding tert-OH is 1. The van der Waals surface area contributed by atoms with E-state index in [2.05, 4.69) is 10.6 Å². The van der Waals surface area contributed by atoms with E-state index < -0.39 is 11.7 Å². The number of carbonyl (C=O) groups is 1. The summed E-state index contributed by atoms with van der Waals surface area (Å²) in [4.78, 5) is 11.4. The summed E-state index contributed by atoms with van der Waals surface area (Å²) in [5.74, 6) is -0.0972. The van der Waals surface area contributed by atoms with Crippen molar-refractivity contribution in [3.63, 3.8) is 0 Å². The SMILES string of the molecule is CC(CCNC(=O)NCCCO)c1cccc(C(F)(F)F)c1. The van der Waals surface area contributed by atoms with E-state index >= 15 is 0 Å². The van der Waals surface area contributed by atoms with Gasteiger partial charge in [-0.2, -0.15) is 13.2 Å². The van der Waals surface area contributed by atoms with Gasteiger partial charge in [-0.05, 0) is 30.4 Å². The van der Waals surface area contributed by atoms with Gasteiger partial charge in [0.05, 0.1) is 5.56 Å². The molecule has 2 amide bonds. The van der Waals surface area contributed by atoms with Crippen molar-refractivity contribution in [3.8, 4) is 0 Å². The number of nitrogens with one attached hydrogen (secondary N) is 2. The summed E-state index contributed by atoms with van der Waals surface area (Å²) in [6.07, 6.45) is -3.33. The topological polar surface area (TPSA) is 61.4 Å². The minimum Gasteiger partial charge on any atom is -0.396 e. The predicted molar refractivity (Wildman–Crippen MR) is 77.6 cm³/mol. The standard InChI is InChI=1S/C15H21F3N2O2/c1-11(6-8-20-14(22)19-7-3-9-21)12-4-2-5-13(10-12)15(16,17)18/h2,4-5,10-11,21H,3,6-9H2,1H3,(H2,19,20,22). The number of hydrogen-bond donors (Lipinski definition) is 3. The van der Waals surface area contributed by atoms with Crippen LogP contribution in [0.15, 0.2) is 24.3 Å². The molecule has 7 heteroatoms. The molecule has 1 unspecified atom stereocenters. The highest BCUT2D eigenvalue weighted by Crippen LogP contribution is 2.31. The van der Waals surface area contributed by atoms with E-state index in [-0.39, 0.29) is 18.6 Å². The molecule has 124 valence electrons. The summed E-state index contributed by atoms with van der Waals surface area (Å²) in [5.41, 5.74) is -0.0659. The number of urea groups is 1. The molecule has 0 heterocycles. The molecule has 0 aliphatic rings. The van der Waals surface area contributed by atoms with Crippen molar-refractivity contribution in [2.24, 2.45) is 0 Å². The second-order valence-electron chi connectivity index (χ2n) is 5.07. The average molecular weight is 318 g/mol. The van der Waals surface area contributed by atoms with Gasteiger partial charge in [0, 0.05) is 19.7 Å². The van der Waals surface area contributed by atoms with Gasteiger partial charge in [0.1, 0.15) is 0 Å². The Morgan fingerprint density at radius 2 is 1.95 bits per heavy atom. The zero-order chi connectivity index (χ0) is 16.6. The van der Waals surface area contributed by atoms with Crippen LogP contribution in [-0.4, -0.2) is 30.8 Å². The third-order valence-electron chi connectivity index (χ3n) is 3.27. The van der Waals surface area contributed by atoms with E-state index in [4.69, 9.17) is 5.11 Å². The molecular formula is C15H21F3N2O2. The van der Waals surface area contributed by atoms with Crippen molar-refractivity contribution in [2.45, 2.75) is 31.9 Å². The summed E-state index contributed by atoms with van der Waals surface area (Å²) >= 11 is 0. The summed E-state index contributed by atoms with van der Waals surface area (Å²) in [5, 5.41) is 13.8. The Morgan fingerprint density at radius 1 is 1.27 bits per heavy atom. The first-order valence-electron chi connectivity index (χ1n) is 7.14. The number of aliphatic hydroxyl groups is 1. The molecule has 0 bridgehead atoms. The molecule has 1 atom stereocenters. The molecule has 3 N–H and O–H groups in total. The van der Waals surface area contributed by atoms with E-state index in [0.29, 0.717) is 31.5 Å². The minimum absolute atomic E-state index is 0.00681. The van der Waals surface area contributed by atoms with Crippen LogP contribution in [0.4, 0.5) is 18.0 Å². The first-order valence-corrected chi connectivity index (χ1v) is 7.14. The number of rotatable bonds is 7. The lowest BCUT2D eigenvalue weighted by Crippen LogP contribution is -2.37. The maximum atomic E-state index is 12.7. The summed E-state index contributed by atoms with van der Waals surface area (Å²) < 4.78 is 38.0. The third-order valence-corrected chi connectivity index (χ3v) is 3.27. The molecule has 1 aromatic rings. The zero-order valence-electron chi connectivity index (χ0n) is 12.4. The van der Waals surface area contributed by atoms with Gasteiger partial charge in [0.25, 0.3) is 0 Å². The Bertz CT molecular complexity index is 478. The van der Waals surface area contributed by atoms with Crippen molar-refractivity contribution >= 4 is 6.03 Å². The fourth-order valence-electron chi connectivity index (χ4n) is 1.93. The summed E-state index contributed by atoms with van der Waals surface area (Å²) in [7, 11) is 0. The molecule has 4 nitrogen and oxygen atoms in total. The van der Waals surface area contributed by atoms with Crippen molar-refractivity contribution in [1.29, 1.82) is 0 Å². The van der Waals surface area contributed by atoms with E-state index in [1.54, 1.807) is 6.07 Å². The van der Waals surface area contributed by atoms with Crippen LogP contribution in [0.5, 0.6) is 0 Å². The van der Waals surface area contributed by atoms with Gasteiger partial charge in [-0.15, -0.1) is 0 Å². The minimum atomic E-state index is -4.35. The van der Waals surface area contributed by atoms with Gasteiger partial charge in [0.2, 0.25) is 0 Å². The monoisotopic (exact) mass is 318 g/mol. The number of amides is 2. The van der Waals surface area contributed by atoms with E-state index in [1.165, 1.54) is 6.07 Å². The molecule has 22 heavy (non-hydrogen) atoms. The van der Waals surface area contributed by atoms with Crippen LogP contribution in [0.25, 0.3) is 0 Å². The van der Waals surface area contributed by atoms with Gasteiger partial charge < -0.3 is 15.7 Å². The fourth-order valence-corrected chi connectivity index (χ4v) is 1.93. The fraction of sp³-hybridized carbons (Fsp3) is 0.533. The second-order valence-corrected chi connectivity index (χ2v) is 5.07. The molecule has 1 rings (SSSR count). The van der Waals surface area contributed by atoms with Crippen LogP contribution < -0.4 is 10.6 Å². The van der Waals surface area contributed by atoms with Crippen LogP contribution in [0.1, 0.15) is 36.8 Å². The van der Waals surface area contributed by atoms with E-state index in [9.17, 15) is 18.0 Å². The smallest absolute Gasteiger partial charge is 0.396 e. The zero-order valence-corrected chi connectivity index (χ0v) is 12.4. The number of alkyl halides is 3. The molecule has 0 fully saturated rings. The number of benzene rings is 1. The molecule has 0 spiro atoms. The molecule has 0 aliphatic heterocycles. The van der Waals surface area contributed by atoms with Crippen LogP contribution >= 0.6 is 0 Å². The average Bonchev–Trinajstić information content (AvgIpc) is 2.46. The largest absolute Gasteiger partial charge is 0.416 e. The summed E-state index contributed by atoms with van der Waals surface area (Å²) in [6, 6.07) is 4.89. The first kappa shape index (κ1) is 18.3. The van der Waals surface area contributed by atoms with E-state index in [1.807, 2.05) is 6.92 Å². The molecular weight excluding hydrogens is 297 g/mol. The molecule has 1 aromatic carbocycles. The van der Waals surface area contributed by atoms with Crippen molar-refractivity contribution in [1.82, 2.24) is 10.6 Å². The Labute approximate surface area is 127 Å². The molecule has 0 aliphatic carbocycles. The molecule has 0 saturated heterocycles. The van der Waals surface area contributed by atoms with Crippen molar-refractivity contribution in [2.75, 3.05) is 19.7 Å². The van der Waals surface area contributed by atoms with E-state index in [0.717, 1.165) is 12.1 Å². The van der Waals surface area contributed by atoms with Crippen LogP contribution in [-0.2, 0) is 6.18 Å². The quantitative estimate of drug-likeness (QED) is 0.677. The third kappa shape index (κ3) is 6.34. The van der Waals surface area contributed by atoms with Crippen molar-refractivity contribution < 1.29 is 23.1 Å². The maximum Gasteiger partial charge on any atom is 0.416 e. The van der Waals surface area contributed by atoms with Gasteiger partial charge in [0.15, 0.2) is 0 Å². The van der Waals surface area contributed by atoms with Gasteiger partial charge in [-0.3, -0.25) is 0 Å². The maximum absolute atomic E-state index is 12.7. The highest BCUT2D eigenvalue weighted by molar-refractivity contribution is 5.73. The molecule has 0 radical (unpaired) electrons. The lowest BCUT2D eigenvalue weighted by Gasteiger charge is -2.15. The molecule has 0 saturated carbocycles.